The van der Waals surface area contributed by atoms with Crippen LogP contribution in [0.1, 0.15) is 6.92 Å². The molecule has 25 valence electrons. The monoisotopic (exact) mass is 60.0 g/mol. The molecule has 0 aliphatic rings. The maximum Gasteiger partial charge on any atom is 0.0212 e. The van der Waals surface area contributed by atoms with E-state index in [4.69, 9.17) is 5.21 Å². The minimum Gasteiger partial charge on any atom is -0.168 e. The third-order valence-electron chi connectivity index (χ3n) is 0.144. The first-order valence-electron chi connectivity index (χ1n) is 1.26. The quantitative estimate of drug-likeness (QED) is 0.422. The zero-order valence-corrected chi connectivity index (χ0v) is 2.62. The molecule has 0 heterocycles. The van der Waals surface area contributed by atoms with Crippen LogP contribution in [0.3, 0.4) is 0 Å². The molecule has 1 N–H and O–H groups in total. The second-order valence-corrected chi connectivity index (χ2v) is 0.498. The molecule has 0 saturated heterocycles. The molecule has 2 nitrogen and oxygen atoms in total. The van der Waals surface area contributed by atoms with E-state index in [1.807, 2.05) is 0 Å². The van der Waals surface area contributed by atoms with Crippen LogP contribution < -0.4 is 5.48 Å². The van der Waals surface area contributed by atoms with Gasteiger partial charge in [-0.15, -0.1) is 5.21 Å². The molecule has 0 aromatic carbocycles. The molecule has 0 fully saturated rings. The zero-order valence-electron chi connectivity index (χ0n) is 2.62. The van der Waals surface area contributed by atoms with E-state index in [-0.39, 0.29) is 0 Å². The summed E-state index contributed by atoms with van der Waals surface area (Å²) >= 11 is 0. The molecule has 0 bridgehead atoms. The van der Waals surface area contributed by atoms with Gasteiger partial charge in [0, 0.05) is 6.54 Å². The summed E-state index contributed by atoms with van der Waals surface area (Å²) < 4.78 is 0. The third kappa shape index (κ3) is 1.92. The van der Waals surface area contributed by atoms with Gasteiger partial charge in [0.2, 0.25) is 0 Å². The van der Waals surface area contributed by atoms with Crippen molar-refractivity contribution in [2.45, 2.75) is 6.92 Å². The van der Waals surface area contributed by atoms with Crippen LogP contribution in [0.4, 0.5) is 0 Å². The molecule has 0 aliphatic heterocycles. The van der Waals surface area contributed by atoms with Crippen LogP contribution in [0.15, 0.2) is 0 Å². The van der Waals surface area contributed by atoms with E-state index in [9.17, 15) is 0 Å². The van der Waals surface area contributed by atoms with Gasteiger partial charge >= 0.3 is 0 Å². The van der Waals surface area contributed by atoms with Crippen molar-refractivity contribution >= 4 is 0 Å². The predicted octanol–water partition coefficient (Wildman–Crippen LogP) is -0.0586. The summed E-state index contributed by atoms with van der Waals surface area (Å²) in [4.78, 5) is 0. The summed E-state index contributed by atoms with van der Waals surface area (Å²) in [5.74, 6) is 0. The molecule has 4 heavy (non-hydrogen) atoms. The molecule has 0 aromatic heterocycles. The Bertz CT molecular complexity index is 8.00. The van der Waals surface area contributed by atoms with Crippen LogP contribution in [0.5, 0.6) is 0 Å². The standard InChI is InChI=1S/C2H6NO/c1-2-3-4/h3H,2H2,1H3. The van der Waals surface area contributed by atoms with Crippen molar-refractivity contribution in [1.82, 2.24) is 5.48 Å². The zero-order chi connectivity index (χ0) is 3.41. The Morgan fingerprint density at radius 1 is 2.00 bits per heavy atom. The minimum atomic E-state index is 0.514. The summed E-state index contributed by atoms with van der Waals surface area (Å²) in [6.07, 6.45) is 0. The first-order chi connectivity index (χ1) is 1.91. The predicted molar refractivity (Wildman–Crippen MR) is 14.4 cm³/mol. The highest BCUT2D eigenvalue weighted by molar-refractivity contribution is 4.04. The molecule has 0 amide bonds. The van der Waals surface area contributed by atoms with Crippen LogP contribution in [0.25, 0.3) is 0 Å². The second kappa shape index (κ2) is 2.92. The molecule has 0 saturated carbocycles. The normalized spacial score (nSPS) is 7.50. The number of hydroxylamine groups is 1. The summed E-state index contributed by atoms with van der Waals surface area (Å²) in [6, 6.07) is 0. The van der Waals surface area contributed by atoms with Gasteiger partial charge in [-0.3, -0.25) is 0 Å². The van der Waals surface area contributed by atoms with E-state index >= 15 is 0 Å². The van der Waals surface area contributed by atoms with Gasteiger partial charge in [-0.2, -0.15) is 5.48 Å². The topological polar surface area (TPSA) is 31.9 Å². The lowest BCUT2D eigenvalue weighted by molar-refractivity contribution is 0.0808. The number of nitrogens with one attached hydrogen (secondary N) is 1. The molecular weight excluding hydrogens is 54.0 g/mol. The Hall–Kier alpha value is -0.0800. The van der Waals surface area contributed by atoms with Crippen molar-refractivity contribution in [2.75, 3.05) is 6.54 Å². The summed E-state index contributed by atoms with van der Waals surface area (Å²) in [5, 5.41) is 9.05. The first kappa shape index (κ1) is 3.92. The van der Waals surface area contributed by atoms with Crippen molar-refractivity contribution in [2.24, 2.45) is 0 Å². The summed E-state index contributed by atoms with van der Waals surface area (Å²) in [7, 11) is 0. The highest BCUT2D eigenvalue weighted by atomic mass is 16.5. The van der Waals surface area contributed by atoms with Gasteiger partial charge in [-0.05, 0) is 0 Å². The molecule has 0 unspecified atom stereocenters. The van der Waals surface area contributed by atoms with Gasteiger partial charge in [0.1, 0.15) is 0 Å². The Morgan fingerprint density at radius 3 is 2.25 bits per heavy atom. The van der Waals surface area contributed by atoms with Crippen molar-refractivity contribution in [3.63, 3.8) is 0 Å². The lowest BCUT2D eigenvalue weighted by atomic mass is 10.8. The van der Waals surface area contributed by atoms with E-state index < -0.39 is 0 Å². The van der Waals surface area contributed by atoms with Crippen LogP contribution in [-0.2, 0) is 5.21 Å². The van der Waals surface area contributed by atoms with Crippen LogP contribution in [0, 0.1) is 0 Å². The highest BCUT2D eigenvalue weighted by Gasteiger charge is 1.55. The SMILES string of the molecule is CCN[O]. The van der Waals surface area contributed by atoms with Gasteiger partial charge in [-0.1, -0.05) is 6.92 Å². The third-order valence-corrected chi connectivity index (χ3v) is 0.144. The fourth-order valence-corrected chi connectivity index (χ4v) is 0. The molecule has 0 atom stereocenters. The van der Waals surface area contributed by atoms with Crippen LogP contribution in [-0.4, -0.2) is 6.54 Å². The average molecular weight is 60.1 g/mol. The van der Waals surface area contributed by atoms with E-state index in [2.05, 4.69) is 0 Å². The summed E-state index contributed by atoms with van der Waals surface area (Å²) in [6.45, 7) is 2.27. The first-order valence-corrected chi connectivity index (χ1v) is 1.26. The number of hydrogen-bond acceptors (Lipinski definition) is 1. The average Bonchev–Trinajstić information content (AvgIpc) is 1.37. The Labute approximate surface area is 25.4 Å². The van der Waals surface area contributed by atoms with Gasteiger partial charge in [0.05, 0.1) is 0 Å². The molecular formula is C2H6NO. The number of rotatable bonds is 1. The molecule has 2 heteroatoms. The molecule has 0 aliphatic carbocycles. The van der Waals surface area contributed by atoms with Crippen molar-refractivity contribution in [1.29, 1.82) is 0 Å². The van der Waals surface area contributed by atoms with Gasteiger partial charge in [0.25, 0.3) is 0 Å². The molecule has 1 radical (unpaired) electrons. The summed E-state index contributed by atoms with van der Waals surface area (Å²) in [5.41, 5.74) is 1.68. The highest BCUT2D eigenvalue weighted by Crippen LogP contribution is 1.35. The Kier molecular flexibility index (Phi) is 2.86. The fourth-order valence-electron chi connectivity index (χ4n) is 0. The number of hydrogen-bond donors (Lipinski definition) is 1. The second-order valence-electron chi connectivity index (χ2n) is 0.498. The largest absolute Gasteiger partial charge is 0.168 e. The smallest absolute Gasteiger partial charge is 0.0212 e. The van der Waals surface area contributed by atoms with E-state index in [0.717, 1.165) is 0 Å². The van der Waals surface area contributed by atoms with Gasteiger partial charge in [0.15, 0.2) is 0 Å². The Balaban J connectivity index is 1.97. The van der Waals surface area contributed by atoms with E-state index in [0.29, 0.717) is 6.54 Å². The maximum atomic E-state index is 9.05. The van der Waals surface area contributed by atoms with Crippen LogP contribution >= 0.6 is 0 Å². The van der Waals surface area contributed by atoms with Gasteiger partial charge in [-0.25, -0.2) is 0 Å². The molecule has 0 rings (SSSR count). The van der Waals surface area contributed by atoms with Gasteiger partial charge < -0.3 is 0 Å². The Morgan fingerprint density at radius 2 is 2.25 bits per heavy atom. The lowest BCUT2D eigenvalue weighted by Gasteiger charge is -1.70. The van der Waals surface area contributed by atoms with E-state index in [1.54, 1.807) is 12.4 Å². The molecule has 0 aromatic rings. The lowest BCUT2D eigenvalue weighted by Crippen LogP contribution is -2.00. The minimum absolute atomic E-state index is 0.514. The van der Waals surface area contributed by atoms with Crippen molar-refractivity contribution in [3.8, 4) is 0 Å². The van der Waals surface area contributed by atoms with Crippen molar-refractivity contribution in [3.05, 3.63) is 0 Å². The molecule has 0 spiro atoms. The fraction of sp³-hybridized carbons (Fsp3) is 1.00. The van der Waals surface area contributed by atoms with Crippen LogP contribution in [0.2, 0.25) is 0 Å². The van der Waals surface area contributed by atoms with Crippen molar-refractivity contribution < 1.29 is 5.21 Å². The van der Waals surface area contributed by atoms with E-state index in [1.165, 1.54) is 0 Å². The maximum absolute atomic E-state index is 9.05.